The summed E-state index contributed by atoms with van der Waals surface area (Å²) in [6.45, 7) is 0. The molecule has 13 heavy (non-hydrogen) atoms. The van der Waals surface area contributed by atoms with Gasteiger partial charge in [0.1, 0.15) is 0 Å². The standard InChI is InChI=1S/C11H17NO/c13-11(8-3-4-8)12-10-6-7-1-2-9(10)5-7/h7-10H,1-6H2,(H,12,13)/t7-,9-,10+/m1/s1. The van der Waals surface area contributed by atoms with Crippen LogP contribution in [0.5, 0.6) is 0 Å². The Morgan fingerprint density at radius 3 is 2.46 bits per heavy atom. The molecular formula is C11H17NO. The number of hydrogen-bond donors (Lipinski definition) is 1. The van der Waals surface area contributed by atoms with E-state index in [1.54, 1.807) is 0 Å². The molecular weight excluding hydrogens is 162 g/mol. The molecule has 1 N–H and O–H groups in total. The van der Waals surface area contributed by atoms with E-state index in [1.807, 2.05) is 0 Å². The zero-order valence-corrected chi connectivity index (χ0v) is 7.96. The maximum absolute atomic E-state index is 11.5. The van der Waals surface area contributed by atoms with Crippen molar-refractivity contribution in [3.8, 4) is 0 Å². The lowest BCUT2D eigenvalue weighted by molar-refractivity contribution is -0.123. The predicted octanol–water partition coefficient (Wildman–Crippen LogP) is 1.70. The molecule has 3 rings (SSSR count). The Morgan fingerprint density at radius 2 is 1.92 bits per heavy atom. The van der Waals surface area contributed by atoms with Crippen LogP contribution >= 0.6 is 0 Å². The molecule has 0 saturated heterocycles. The van der Waals surface area contributed by atoms with E-state index in [4.69, 9.17) is 0 Å². The lowest BCUT2D eigenvalue weighted by atomic mass is 9.95. The van der Waals surface area contributed by atoms with Crippen molar-refractivity contribution in [3.05, 3.63) is 0 Å². The van der Waals surface area contributed by atoms with Crippen LogP contribution in [-0.2, 0) is 4.79 Å². The lowest BCUT2D eigenvalue weighted by Gasteiger charge is -2.22. The van der Waals surface area contributed by atoms with Crippen molar-refractivity contribution in [1.82, 2.24) is 5.32 Å². The van der Waals surface area contributed by atoms with Crippen LogP contribution in [0.2, 0.25) is 0 Å². The minimum absolute atomic E-state index is 0.345. The van der Waals surface area contributed by atoms with Gasteiger partial charge in [-0.05, 0) is 43.9 Å². The summed E-state index contributed by atoms with van der Waals surface area (Å²) in [5.74, 6) is 2.50. The molecule has 0 unspecified atom stereocenters. The normalized spacial score (nSPS) is 42.3. The number of rotatable bonds is 2. The highest BCUT2D eigenvalue weighted by molar-refractivity contribution is 5.81. The highest BCUT2D eigenvalue weighted by Crippen LogP contribution is 2.44. The molecule has 0 aromatic heterocycles. The number of fused-ring (bicyclic) bond motifs is 2. The number of carbonyl (C=O) groups is 1. The first-order valence-corrected chi connectivity index (χ1v) is 5.63. The molecule has 3 aliphatic rings. The summed E-state index contributed by atoms with van der Waals surface area (Å²) in [7, 11) is 0. The van der Waals surface area contributed by atoms with E-state index >= 15 is 0 Å². The molecule has 3 atom stereocenters. The summed E-state index contributed by atoms with van der Waals surface area (Å²) in [5.41, 5.74) is 0. The first-order valence-electron chi connectivity index (χ1n) is 5.63. The Balaban J connectivity index is 1.58. The Bertz CT molecular complexity index is 234. The van der Waals surface area contributed by atoms with Crippen LogP contribution in [0.15, 0.2) is 0 Å². The van der Waals surface area contributed by atoms with Gasteiger partial charge in [0, 0.05) is 12.0 Å². The van der Waals surface area contributed by atoms with E-state index in [0.717, 1.165) is 24.7 Å². The molecule has 1 amide bonds. The Labute approximate surface area is 79.1 Å². The van der Waals surface area contributed by atoms with Gasteiger partial charge in [-0.15, -0.1) is 0 Å². The van der Waals surface area contributed by atoms with Gasteiger partial charge in [-0.2, -0.15) is 0 Å². The molecule has 0 heterocycles. The van der Waals surface area contributed by atoms with Crippen molar-refractivity contribution in [1.29, 1.82) is 0 Å². The van der Waals surface area contributed by atoms with E-state index in [0.29, 0.717) is 17.9 Å². The van der Waals surface area contributed by atoms with Crippen LogP contribution in [0, 0.1) is 17.8 Å². The zero-order valence-electron chi connectivity index (χ0n) is 7.96. The molecule has 0 radical (unpaired) electrons. The molecule has 0 aromatic rings. The second-order valence-corrected chi connectivity index (χ2v) is 5.06. The molecule has 2 bridgehead atoms. The van der Waals surface area contributed by atoms with Crippen LogP contribution in [0.1, 0.15) is 38.5 Å². The van der Waals surface area contributed by atoms with Crippen LogP contribution in [0.3, 0.4) is 0 Å². The van der Waals surface area contributed by atoms with Crippen LogP contribution < -0.4 is 5.32 Å². The third-order valence-electron chi connectivity index (χ3n) is 4.01. The monoisotopic (exact) mass is 179 g/mol. The van der Waals surface area contributed by atoms with E-state index in [2.05, 4.69) is 5.32 Å². The van der Waals surface area contributed by atoms with Gasteiger partial charge in [0.25, 0.3) is 0 Å². The molecule has 0 aromatic carbocycles. The lowest BCUT2D eigenvalue weighted by Crippen LogP contribution is -2.39. The van der Waals surface area contributed by atoms with Gasteiger partial charge in [0.2, 0.25) is 5.91 Å². The third kappa shape index (κ3) is 1.36. The molecule has 2 nitrogen and oxygen atoms in total. The molecule has 72 valence electrons. The summed E-state index contributed by atoms with van der Waals surface area (Å²) >= 11 is 0. The SMILES string of the molecule is O=C(N[C@H]1C[C@@H]2CC[C@@H]1C2)C1CC1. The Morgan fingerprint density at radius 1 is 1.08 bits per heavy atom. The minimum Gasteiger partial charge on any atom is -0.353 e. The highest BCUT2D eigenvalue weighted by Gasteiger charge is 2.41. The maximum atomic E-state index is 11.5. The fourth-order valence-electron chi connectivity index (χ4n) is 3.07. The van der Waals surface area contributed by atoms with E-state index in [1.165, 1.54) is 25.7 Å². The van der Waals surface area contributed by atoms with Gasteiger partial charge in [0.05, 0.1) is 0 Å². The van der Waals surface area contributed by atoms with Crippen molar-refractivity contribution in [2.45, 2.75) is 44.6 Å². The molecule has 0 aliphatic heterocycles. The minimum atomic E-state index is 0.345. The number of amides is 1. The average Bonchev–Trinajstić information content (AvgIpc) is 2.79. The van der Waals surface area contributed by atoms with Gasteiger partial charge in [-0.1, -0.05) is 6.42 Å². The molecule has 3 aliphatic carbocycles. The quantitative estimate of drug-likeness (QED) is 0.687. The third-order valence-corrected chi connectivity index (χ3v) is 4.01. The Kier molecular flexibility index (Phi) is 1.64. The van der Waals surface area contributed by atoms with Gasteiger partial charge in [-0.25, -0.2) is 0 Å². The topological polar surface area (TPSA) is 29.1 Å². The zero-order chi connectivity index (χ0) is 8.84. The molecule has 0 spiro atoms. The van der Waals surface area contributed by atoms with Gasteiger partial charge < -0.3 is 5.32 Å². The van der Waals surface area contributed by atoms with Crippen molar-refractivity contribution < 1.29 is 4.79 Å². The second kappa shape index (κ2) is 2.73. The number of hydrogen-bond acceptors (Lipinski definition) is 1. The summed E-state index contributed by atoms with van der Waals surface area (Å²) in [6, 6.07) is 0.548. The Hall–Kier alpha value is -0.530. The van der Waals surface area contributed by atoms with Gasteiger partial charge in [0.15, 0.2) is 0 Å². The summed E-state index contributed by atoms with van der Waals surface area (Å²) < 4.78 is 0. The molecule has 3 fully saturated rings. The second-order valence-electron chi connectivity index (χ2n) is 5.06. The van der Waals surface area contributed by atoms with Crippen molar-refractivity contribution >= 4 is 5.91 Å². The van der Waals surface area contributed by atoms with Gasteiger partial charge in [-0.3, -0.25) is 4.79 Å². The maximum Gasteiger partial charge on any atom is 0.223 e. The first kappa shape index (κ1) is 7.84. The van der Waals surface area contributed by atoms with Crippen molar-refractivity contribution in [2.24, 2.45) is 17.8 Å². The molecule has 3 saturated carbocycles. The smallest absolute Gasteiger partial charge is 0.223 e. The summed E-state index contributed by atoms with van der Waals surface area (Å²) in [5, 5.41) is 3.23. The van der Waals surface area contributed by atoms with Crippen molar-refractivity contribution in [2.75, 3.05) is 0 Å². The molecule has 2 heteroatoms. The van der Waals surface area contributed by atoms with E-state index < -0.39 is 0 Å². The number of carbonyl (C=O) groups excluding carboxylic acids is 1. The summed E-state index contributed by atoms with van der Waals surface area (Å²) in [6.07, 6.45) is 7.69. The fourth-order valence-corrected chi connectivity index (χ4v) is 3.07. The average molecular weight is 179 g/mol. The largest absolute Gasteiger partial charge is 0.353 e. The van der Waals surface area contributed by atoms with Crippen LogP contribution in [-0.4, -0.2) is 11.9 Å². The van der Waals surface area contributed by atoms with Crippen LogP contribution in [0.25, 0.3) is 0 Å². The first-order chi connectivity index (χ1) is 6.33. The fraction of sp³-hybridized carbons (Fsp3) is 0.909. The predicted molar refractivity (Wildman–Crippen MR) is 50.1 cm³/mol. The summed E-state index contributed by atoms with van der Waals surface area (Å²) in [4.78, 5) is 11.5. The number of nitrogens with one attached hydrogen (secondary N) is 1. The highest BCUT2D eigenvalue weighted by atomic mass is 16.2. The van der Waals surface area contributed by atoms with E-state index in [-0.39, 0.29) is 0 Å². The van der Waals surface area contributed by atoms with E-state index in [9.17, 15) is 4.79 Å². The van der Waals surface area contributed by atoms with Crippen LogP contribution in [0.4, 0.5) is 0 Å². The van der Waals surface area contributed by atoms with Crippen molar-refractivity contribution in [3.63, 3.8) is 0 Å². The van der Waals surface area contributed by atoms with Gasteiger partial charge >= 0.3 is 0 Å².